The molecule has 0 saturated carbocycles. The summed E-state index contributed by atoms with van der Waals surface area (Å²) in [5.74, 6) is 3.06. The molecule has 5 rings (SSSR count). The molecule has 0 spiro atoms. The van der Waals surface area contributed by atoms with Crippen molar-refractivity contribution in [1.29, 1.82) is 0 Å². The van der Waals surface area contributed by atoms with E-state index in [1.54, 1.807) is 7.11 Å². The van der Waals surface area contributed by atoms with Crippen LogP contribution in [0.5, 0.6) is 17.2 Å². The van der Waals surface area contributed by atoms with Crippen LogP contribution < -0.4 is 19.5 Å². The molecule has 1 aromatic heterocycles. The molecule has 0 bridgehead atoms. The fourth-order valence-electron chi connectivity index (χ4n) is 3.78. The zero-order valence-electron chi connectivity index (χ0n) is 19.1. The predicted octanol–water partition coefficient (Wildman–Crippen LogP) is 4.14. The van der Waals surface area contributed by atoms with Crippen molar-refractivity contribution in [1.82, 2.24) is 20.1 Å². The van der Waals surface area contributed by atoms with E-state index in [0.717, 1.165) is 39.8 Å². The molecule has 0 atom stereocenters. The summed E-state index contributed by atoms with van der Waals surface area (Å²) in [5.41, 5.74) is 2.90. The van der Waals surface area contributed by atoms with Gasteiger partial charge in [-0.1, -0.05) is 66.4 Å². The first-order valence-electron chi connectivity index (χ1n) is 11.1. The van der Waals surface area contributed by atoms with Crippen LogP contribution in [-0.2, 0) is 17.9 Å². The topological polar surface area (TPSA) is 87.5 Å². The highest BCUT2D eigenvalue weighted by atomic mass is 32.2. The van der Waals surface area contributed by atoms with E-state index in [1.165, 1.54) is 11.8 Å². The number of carbonyl (C=O) groups excluding carboxylic acids is 1. The first kappa shape index (κ1) is 22.8. The third-order valence-corrected chi connectivity index (χ3v) is 6.49. The lowest BCUT2D eigenvalue weighted by Gasteiger charge is -2.12. The van der Waals surface area contributed by atoms with Crippen molar-refractivity contribution >= 4 is 17.7 Å². The number of carbonyl (C=O) groups is 1. The highest BCUT2D eigenvalue weighted by molar-refractivity contribution is 7.99. The summed E-state index contributed by atoms with van der Waals surface area (Å²) >= 11 is 1.35. The standard InChI is InChI=1S/C26H24N4O4S/c1-32-21-10-6-5-9-20(21)14-27-24(31)16-35-26-29-28-25(19-7-3-2-4-8-19)30(26)15-18-11-12-22-23(13-18)34-17-33-22/h2-13H,14-17H2,1H3,(H,27,31). The average molecular weight is 489 g/mol. The minimum absolute atomic E-state index is 0.0974. The Balaban J connectivity index is 1.32. The summed E-state index contributed by atoms with van der Waals surface area (Å²) < 4.78 is 18.3. The van der Waals surface area contributed by atoms with Gasteiger partial charge in [-0.05, 0) is 23.8 Å². The van der Waals surface area contributed by atoms with Crippen LogP contribution in [0.4, 0.5) is 0 Å². The molecule has 8 nitrogen and oxygen atoms in total. The number of nitrogens with one attached hydrogen (secondary N) is 1. The lowest BCUT2D eigenvalue weighted by atomic mass is 10.2. The Kier molecular flexibility index (Phi) is 6.85. The molecule has 0 fully saturated rings. The predicted molar refractivity (Wildman–Crippen MR) is 133 cm³/mol. The second kappa shape index (κ2) is 10.5. The van der Waals surface area contributed by atoms with E-state index < -0.39 is 0 Å². The summed E-state index contributed by atoms with van der Waals surface area (Å²) in [6, 6.07) is 23.4. The molecule has 178 valence electrons. The number of fused-ring (bicyclic) bond motifs is 1. The van der Waals surface area contributed by atoms with Crippen molar-refractivity contribution in [2.45, 2.75) is 18.2 Å². The molecule has 1 amide bonds. The number of thioether (sulfide) groups is 1. The number of rotatable bonds is 9. The van der Waals surface area contributed by atoms with Gasteiger partial charge in [0.05, 0.1) is 19.4 Å². The van der Waals surface area contributed by atoms with Crippen molar-refractivity contribution in [3.05, 3.63) is 83.9 Å². The molecule has 4 aromatic rings. The third-order valence-electron chi connectivity index (χ3n) is 5.53. The second-order valence-corrected chi connectivity index (χ2v) is 8.77. The van der Waals surface area contributed by atoms with E-state index in [9.17, 15) is 4.79 Å². The van der Waals surface area contributed by atoms with Gasteiger partial charge in [0, 0.05) is 17.7 Å². The first-order valence-corrected chi connectivity index (χ1v) is 12.1. The number of hydrogen-bond donors (Lipinski definition) is 1. The summed E-state index contributed by atoms with van der Waals surface area (Å²) in [5, 5.41) is 12.4. The van der Waals surface area contributed by atoms with Crippen molar-refractivity contribution in [2.75, 3.05) is 19.7 Å². The van der Waals surface area contributed by atoms with Crippen LogP contribution in [0, 0.1) is 0 Å². The molecule has 0 saturated heterocycles. The van der Waals surface area contributed by atoms with Crippen LogP contribution in [0.25, 0.3) is 11.4 Å². The van der Waals surface area contributed by atoms with E-state index in [1.807, 2.05) is 77.4 Å². The highest BCUT2D eigenvalue weighted by Crippen LogP contribution is 2.33. The molecular weight excluding hydrogens is 464 g/mol. The molecule has 35 heavy (non-hydrogen) atoms. The minimum atomic E-state index is -0.0974. The van der Waals surface area contributed by atoms with Crippen LogP contribution in [0.15, 0.2) is 78.0 Å². The molecule has 3 aromatic carbocycles. The molecular formula is C26H24N4O4S. The van der Waals surface area contributed by atoms with Crippen molar-refractivity contribution in [3.8, 4) is 28.6 Å². The summed E-state index contributed by atoms with van der Waals surface area (Å²) in [6.07, 6.45) is 0. The monoisotopic (exact) mass is 488 g/mol. The van der Waals surface area contributed by atoms with Gasteiger partial charge in [-0.25, -0.2) is 0 Å². The summed E-state index contributed by atoms with van der Waals surface area (Å²) in [7, 11) is 1.62. The number of nitrogens with zero attached hydrogens (tertiary/aromatic N) is 3. The number of hydrogen-bond acceptors (Lipinski definition) is 7. The van der Waals surface area contributed by atoms with Crippen LogP contribution >= 0.6 is 11.8 Å². The van der Waals surface area contributed by atoms with Gasteiger partial charge in [-0.15, -0.1) is 10.2 Å². The maximum atomic E-state index is 12.6. The SMILES string of the molecule is COc1ccccc1CNC(=O)CSc1nnc(-c2ccccc2)n1Cc1ccc2c(c1)OCO2. The van der Waals surface area contributed by atoms with Crippen molar-refractivity contribution in [3.63, 3.8) is 0 Å². The molecule has 9 heteroatoms. The molecule has 0 radical (unpaired) electrons. The number of para-hydroxylation sites is 1. The van der Waals surface area contributed by atoms with Gasteiger partial charge in [0.15, 0.2) is 22.5 Å². The minimum Gasteiger partial charge on any atom is -0.496 e. The van der Waals surface area contributed by atoms with E-state index in [4.69, 9.17) is 14.2 Å². The lowest BCUT2D eigenvalue weighted by Crippen LogP contribution is -2.25. The number of ether oxygens (including phenoxy) is 3. The summed E-state index contributed by atoms with van der Waals surface area (Å²) in [6.45, 7) is 1.15. The Labute approximate surface area is 207 Å². The van der Waals surface area contributed by atoms with Gasteiger partial charge < -0.3 is 19.5 Å². The Morgan fingerprint density at radius 1 is 1.03 bits per heavy atom. The number of aromatic nitrogens is 3. The molecule has 2 heterocycles. The Bertz CT molecular complexity index is 1330. The second-order valence-electron chi connectivity index (χ2n) is 7.82. The van der Waals surface area contributed by atoms with Gasteiger partial charge in [-0.2, -0.15) is 0 Å². The van der Waals surface area contributed by atoms with Crippen LogP contribution in [-0.4, -0.2) is 40.3 Å². The molecule has 1 aliphatic heterocycles. The Morgan fingerprint density at radius 2 is 1.83 bits per heavy atom. The Morgan fingerprint density at radius 3 is 2.69 bits per heavy atom. The zero-order valence-corrected chi connectivity index (χ0v) is 20.0. The van der Waals surface area contributed by atoms with Gasteiger partial charge in [0.25, 0.3) is 0 Å². The van der Waals surface area contributed by atoms with Gasteiger partial charge >= 0.3 is 0 Å². The average Bonchev–Trinajstić information content (AvgIpc) is 3.53. The molecule has 0 aliphatic carbocycles. The third kappa shape index (κ3) is 5.25. The van der Waals surface area contributed by atoms with Gasteiger partial charge in [-0.3, -0.25) is 9.36 Å². The fourth-order valence-corrected chi connectivity index (χ4v) is 4.55. The molecule has 1 N–H and O–H groups in total. The maximum Gasteiger partial charge on any atom is 0.231 e. The lowest BCUT2D eigenvalue weighted by molar-refractivity contribution is -0.118. The van der Waals surface area contributed by atoms with E-state index >= 15 is 0 Å². The van der Waals surface area contributed by atoms with Gasteiger partial charge in [0.1, 0.15) is 5.75 Å². The zero-order chi connectivity index (χ0) is 24.0. The van der Waals surface area contributed by atoms with E-state index in [0.29, 0.717) is 18.2 Å². The molecule has 0 unspecified atom stereocenters. The van der Waals surface area contributed by atoms with Crippen LogP contribution in [0.3, 0.4) is 0 Å². The quantitative estimate of drug-likeness (QED) is 0.354. The van der Waals surface area contributed by atoms with Gasteiger partial charge in [0.2, 0.25) is 12.7 Å². The number of benzene rings is 3. The first-order chi connectivity index (χ1) is 17.2. The van der Waals surface area contributed by atoms with E-state index in [-0.39, 0.29) is 18.5 Å². The van der Waals surface area contributed by atoms with Crippen LogP contribution in [0.1, 0.15) is 11.1 Å². The van der Waals surface area contributed by atoms with Crippen molar-refractivity contribution in [2.24, 2.45) is 0 Å². The Hall–Kier alpha value is -3.98. The molecule has 1 aliphatic rings. The highest BCUT2D eigenvalue weighted by Gasteiger charge is 2.18. The normalized spacial score (nSPS) is 11.9. The van der Waals surface area contributed by atoms with Crippen LogP contribution in [0.2, 0.25) is 0 Å². The largest absolute Gasteiger partial charge is 0.496 e. The fraction of sp³-hybridized carbons (Fsp3) is 0.192. The van der Waals surface area contributed by atoms with Crippen molar-refractivity contribution < 1.29 is 19.0 Å². The number of amides is 1. The maximum absolute atomic E-state index is 12.6. The smallest absolute Gasteiger partial charge is 0.231 e. The van der Waals surface area contributed by atoms with E-state index in [2.05, 4.69) is 15.5 Å². The number of methoxy groups -OCH3 is 1. The summed E-state index contributed by atoms with van der Waals surface area (Å²) in [4.78, 5) is 12.6.